The van der Waals surface area contributed by atoms with E-state index in [4.69, 9.17) is 5.26 Å². The second-order valence-electron chi connectivity index (χ2n) is 3.80. The number of aryl methyl sites for hydroxylation is 1. The first kappa shape index (κ1) is 11.2. The van der Waals surface area contributed by atoms with Gasteiger partial charge in [0.25, 0.3) is 0 Å². The monoisotopic (exact) mass is 223 g/mol. The van der Waals surface area contributed by atoms with Crippen LogP contribution in [0.25, 0.3) is 0 Å². The highest BCUT2D eigenvalue weighted by Gasteiger charge is 2.05. The molecule has 3 heteroatoms. The molecule has 0 aliphatic heterocycles. The molecule has 1 heterocycles. The number of pyridine rings is 1. The fourth-order valence-electron chi connectivity index (χ4n) is 1.62. The Balaban J connectivity index is 2.15. The van der Waals surface area contributed by atoms with Crippen LogP contribution < -0.4 is 5.32 Å². The highest BCUT2D eigenvalue weighted by molar-refractivity contribution is 5.55. The largest absolute Gasteiger partial charge is 0.365 e. The second kappa shape index (κ2) is 5.13. The van der Waals surface area contributed by atoms with Crippen molar-refractivity contribution in [3.05, 3.63) is 59.3 Å². The Morgan fingerprint density at radius 3 is 2.71 bits per heavy atom. The van der Waals surface area contributed by atoms with Crippen LogP contribution in [0.2, 0.25) is 0 Å². The predicted molar refractivity (Wildman–Crippen MR) is 67.5 cm³/mol. The van der Waals surface area contributed by atoms with Crippen molar-refractivity contribution in [2.45, 2.75) is 13.5 Å². The van der Waals surface area contributed by atoms with Crippen LogP contribution in [0.4, 0.5) is 5.82 Å². The molecule has 2 rings (SSSR count). The van der Waals surface area contributed by atoms with Crippen LogP contribution in [0.5, 0.6) is 0 Å². The molecule has 0 unspecified atom stereocenters. The molecular formula is C14H13N3. The quantitative estimate of drug-likeness (QED) is 0.870. The van der Waals surface area contributed by atoms with Gasteiger partial charge in [0.15, 0.2) is 0 Å². The average Bonchev–Trinajstić information content (AvgIpc) is 2.37. The van der Waals surface area contributed by atoms with Gasteiger partial charge in [0.05, 0.1) is 5.56 Å². The van der Waals surface area contributed by atoms with E-state index >= 15 is 0 Å². The third-order valence-corrected chi connectivity index (χ3v) is 2.57. The minimum atomic E-state index is 0.614. The molecule has 0 atom stereocenters. The van der Waals surface area contributed by atoms with E-state index in [0.717, 1.165) is 5.56 Å². The van der Waals surface area contributed by atoms with Gasteiger partial charge in [0, 0.05) is 12.7 Å². The van der Waals surface area contributed by atoms with E-state index < -0.39 is 0 Å². The van der Waals surface area contributed by atoms with Gasteiger partial charge in [-0.05, 0) is 24.1 Å². The summed E-state index contributed by atoms with van der Waals surface area (Å²) in [6.07, 6.45) is 1.71. The summed E-state index contributed by atoms with van der Waals surface area (Å²) in [7, 11) is 0. The SMILES string of the molecule is Cc1ccnc(NCc2ccccc2)c1C#N. The summed E-state index contributed by atoms with van der Waals surface area (Å²) in [4.78, 5) is 4.19. The number of nitrogens with one attached hydrogen (secondary N) is 1. The average molecular weight is 223 g/mol. The Kier molecular flexibility index (Phi) is 3.37. The van der Waals surface area contributed by atoms with Gasteiger partial charge in [-0.15, -0.1) is 0 Å². The first-order valence-corrected chi connectivity index (χ1v) is 5.45. The number of nitrogens with zero attached hydrogens (tertiary/aromatic N) is 2. The first-order valence-electron chi connectivity index (χ1n) is 5.45. The summed E-state index contributed by atoms with van der Waals surface area (Å²) >= 11 is 0. The fraction of sp³-hybridized carbons (Fsp3) is 0.143. The second-order valence-corrected chi connectivity index (χ2v) is 3.80. The number of aromatic nitrogens is 1. The molecule has 0 radical (unpaired) electrons. The summed E-state index contributed by atoms with van der Waals surface area (Å²) in [5.41, 5.74) is 2.72. The van der Waals surface area contributed by atoms with Gasteiger partial charge in [-0.1, -0.05) is 30.3 Å². The maximum atomic E-state index is 9.07. The van der Waals surface area contributed by atoms with Gasteiger partial charge < -0.3 is 5.32 Å². The third kappa shape index (κ3) is 2.61. The number of benzene rings is 1. The Bertz CT molecular complexity index is 541. The Hall–Kier alpha value is -2.34. The van der Waals surface area contributed by atoms with Crippen molar-refractivity contribution >= 4 is 5.82 Å². The van der Waals surface area contributed by atoms with Crippen molar-refractivity contribution in [2.24, 2.45) is 0 Å². The third-order valence-electron chi connectivity index (χ3n) is 2.57. The predicted octanol–water partition coefficient (Wildman–Crippen LogP) is 2.87. The molecule has 0 aliphatic carbocycles. The zero-order valence-electron chi connectivity index (χ0n) is 9.64. The van der Waals surface area contributed by atoms with Crippen LogP contribution in [0.15, 0.2) is 42.6 Å². The van der Waals surface area contributed by atoms with Gasteiger partial charge in [0.1, 0.15) is 11.9 Å². The lowest BCUT2D eigenvalue weighted by molar-refractivity contribution is 1.10. The number of hydrogen-bond acceptors (Lipinski definition) is 3. The van der Waals surface area contributed by atoms with Crippen molar-refractivity contribution < 1.29 is 0 Å². The van der Waals surface area contributed by atoms with Gasteiger partial charge in [-0.3, -0.25) is 0 Å². The molecule has 0 saturated heterocycles. The minimum Gasteiger partial charge on any atom is -0.365 e. The summed E-state index contributed by atoms with van der Waals surface area (Å²) < 4.78 is 0. The summed E-state index contributed by atoms with van der Waals surface area (Å²) in [5.74, 6) is 0.649. The Morgan fingerprint density at radius 2 is 2.00 bits per heavy atom. The number of anilines is 1. The van der Waals surface area contributed by atoms with E-state index in [-0.39, 0.29) is 0 Å². The lowest BCUT2D eigenvalue weighted by atomic mass is 10.1. The normalized spacial score (nSPS) is 9.65. The van der Waals surface area contributed by atoms with Crippen molar-refractivity contribution in [2.75, 3.05) is 5.32 Å². The topological polar surface area (TPSA) is 48.7 Å². The maximum absolute atomic E-state index is 9.07. The van der Waals surface area contributed by atoms with Crippen molar-refractivity contribution in [3.63, 3.8) is 0 Å². The van der Waals surface area contributed by atoms with Gasteiger partial charge in [-0.25, -0.2) is 4.98 Å². The lowest BCUT2D eigenvalue weighted by Crippen LogP contribution is -2.04. The smallest absolute Gasteiger partial charge is 0.144 e. The lowest BCUT2D eigenvalue weighted by Gasteiger charge is -2.08. The molecule has 0 aliphatic rings. The molecule has 1 aromatic carbocycles. The van der Waals surface area contributed by atoms with E-state index in [1.807, 2.05) is 43.3 Å². The summed E-state index contributed by atoms with van der Waals surface area (Å²) in [6, 6.07) is 14.1. The maximum Gasteiger partial charge on any atom is 0.144 e. The Morgan fingerprint density at radius 1 is 1.24 bits per heavy atom. The van der Waals surface area contributed by atoms with Crippen LogP contribution in [-0.4, -0.2) is 4.98 Å². The van der Waals surface area contributed by atoms with E-state index in [2.05, 4.69) is 16.4 Å². The van der Waals surface area contributed by atoms with Crippen LogP contribution >= 0.6 is 0 Å². The van der Waals surface area contributed by atoms with Crippen LogP contribution in [0.3, 0.4) is 0 Å². The molecule has 17 heavy (non-hydrogen) atoms. The molecule has 0 spiro atoms. The number of nitriles is 1. The summed E-state index contributed by atoms with van der Waals surface area (Å²) in [5, 5.41) is 12.3. The van der Waals surface area contributed by atoms with Gasteiger partial charge in [0.2, 0.25) is 0 Å². The molecule has 1 N–H and O–H groups in total. The van der Waals surface area contributed by atoms with Gasteiger partial charge >= 0.3 is 0 Å². The van der Waals surface area contributed by atoms with E-state index in [0.29, 0.717) is 17.9 Å². The standard InChI is InChI=1S/C14H13N3/c1-11-7-8-16-14(13(11)9-15)17-10-12-5-3-2-4-6-12/h2-8H,10H2,1H3,(H,16,17). The molecule has 2 aromatic rings. The van der Waals surface area contributed by atoms with Crippen molar-refractivity contribution in [3.8, 4) is 6.07 Å². The van der Waals surface area contributed by atoms with Crippen molar-refractivity contribution in [1.29, 1.82) is 5.26 Å². The first-order chi connectivity index (χ1) is 8.31. The zero-order chi connectivity index (χ0) is 12.1. The minimum absolute atomic E-state index is 0.614. The highest BCUT2D eigenvalue weighted by atomic mass is 15.0. The molecule has 3 nitrogen and oxygen atoms in total. The van der Waals surface area contributed by atoms with Gasteiger partial charge in [-0.2, -0.15) is 5.26 Å². The highest BCUT2D eigenvalue weighted by Crippen LogP contribution is 2.15. The van der Waals surface area contributed by atoms with E-state index in [1.165, 1.54) is 5.56 Å². The van der Waals surface area contributed by atoms with Crippen molar-refractivity contribution in [1.82, 2.24) is 4.98 Å². The van der Waals surface area contributed by atoms with Crippen LogP contribution in [0.1, 0.15) is 16.7 Å². The van der Waals surface area contributed by atoms with E-state index in [9.17, 15) is 0 Å². The Labute approximate surface area is 101 Å². The number of rotatable bonds is 3. The van der Waals surface area contributed by atoms with Crippen LogP contribution in [0, 0.1) is 18.3 Å². The fourth-order valence-corrected chi connectivity index (χ4v) is 1.62. The molecule has 0 amide bonds. The molecule has 84 valence electrons. The molecule has 1 aromatic heterocycles. The molecular weight excluding hydrogens is 210 g/mol. The van der Waals surface area contributed by atoms with Crippen LogP contribution in [-0.2, 0) is 6.54 Å². The molecule has 0 bridgehead atoms. The summed E-state index contributed by atoms with van der Waals surface area (Å²) in [6.45, 7) is 2.58. The number of hydrogen-bond donors (Lipinski definition) is 1. The molecule has 0 fully saturated rings. The molecule has 0 saturated carbocycles. The zero-order valence-corrected chi connectivity index (χ0v) is 9.64. The van der Waals surface area contributed by atoms with E-state index in [1.54, 1.807) is 6.20 Å².